The normalized spacial score (nSPS) is 12.4. The van der Waals surface area contributed by atoms with Gasteiger partial charge in [0.1, 0.15) is 13.2 Å². The van der Waals surface area contributed by atoms with E-state index in [1.54, 1.807) is 0 Å². The Morgan fingerprint density at radius 1 is 0.344 bits per heavy atom. The third-order valence-corrected chi connectivity index (χ3v) is 11.3. The average molecular weight is 855 g/mol. The summed E-state index contributed by atoms with van der Waals surface area (Å²) in [6, 6.07) is 0. The number of rotatable bonds is 47. The van der Waals surface area contributed by atoms with Gasteiger partial charge in [0, 0.05) is 19.3 Å². The summed E-state index contributed by atoms with van der Waals surface area (Å²) in [5.74, 6) is -0.897. The van der Waals surface area contributed by atoms with E-state index in [2.05, 4.69) is 69.4 Å². The van der Waals surface area contributed by atoms with E-state index in [1.807, 2.05) is 0 Å². The highest BCUT2D eigenvalue weighted by Gasteiger charge is 2.19. The zero-order chi connectivity index (χ0) is 44.4. The van der Waals surface area contributed by atoms with Gasteiger partial charge in [-0.1, -0.05) is 217 Å². The van der Waals surface area contributed by atoms with E-state index in [9.17, 15) is 14.4 Å². The van der Waals surface area contributed by atoms with Crippen molar-refractivity contribution in [2.24, 2.45) is 0 Å². The van der Waals surface area contributed by atoms with Crippen molar-refractivity contribution >= 4 is 17.9 Å². The minimum absolute atomic E-state index is 0.0808. The highest BCUT2D eigenvalue weighted by atomic mass is 16.6. The lowest BCUT2D eigenvalue weighted by atomic mass is 10.0. The van der Waals surface area contributed by atoms with Gasteiger partial charge in [-0.3, -0.25) is 14.4 Å². The number of allylic oxidation sites excluding steroid dienone is 8. The second-order valence-electron chi connectivity index (χ2n) is 17.4. The standard InChI is InChI=1S/C55H98O6/c1-4-7-10-13-16-19-22-25-27-30-32-35-38-41-44-47-53(56)59-50-52(61-55(58)49-46-43-40-37-34-29-24-21-18-15-12-9-6-3)51-60-54(57)48-45-42-39-36-33-31-28-26-23-20-17-14-11-8-5-2/h7,10,16,19,25-28,52H,4-6,8-9,11-15,17-18,20-24,29-51H2,1-3H3/t52-/m0/s1. The fourth-order valence-corrected chi connectivity index (χ4v) is 7.39. The Morgan fingerprint density at radius 2 is 0.639 bits per heavy atom. The molecular weight excluding hydrogens is 757 g/mol. The molecule has 0 radical (unpaired) electrons. The lowest BCUT2D eigenvalue weighted by Crippen LogP contribution is -2.30. The van der Waals surface area contributed by atoms with Gasteiger partial charge in [0.25, 0.3) is 0 Å². The Kier molecular flexibility index (Phi) is 47.9. The minimum Gasteiger partial charge on any atom is -0.462 e. The van der Waals surface area contributed by atoms with Crippen molar-refractivity contribution in [2.45, 2.75) is 271 Å². The summed E-state index contributed by atoms with van der Waals surface area (Å²) in [5.41, 5.74) is 0. The van der Waals surface area contributed by atoms with Gasteiger partial charge in [0.05, 0.1) is 0 Å². The molecule has 6 heteroatoms. The third kappa shape index (κ3) is 48.3. The summed E-state index contributed by atoms with van der Waals surface area (Å²) in [4.78, 5) is 38.0. The van der Waals surface area contributed by atoms with E-state index in [0.29, 0.717) is 19.3 Å². The van der Waals surface area contributed by atoms with E-state index in [4.69, 9.17) is 14.2 Å². The Balaban J connectivity index is 4.39. The van der Waals surface area contributed by atoms with Crippen LogP contribution in [0.4, 0.5) is 0 Å². The Morgan fingerprint density at radius 3 is 1.02 bits per heavy atom. The maximum Gasteiger partial charge on any atom is 0.306 e. The summed E-state index contributed by atoms with van der Waals surface area (Å²) >= 11 is 0. The molecule has 0 aliphatic rings. The maximum atomic E-state index is 12.8. The lowest BCUT2D eigenvalue weighted by Gasteiger charge is -2.18. The molecule has 0 N–H and O–H groups in total. The van der Waals surface area contributed by atoms with Crippen molar-refractivity contribution in [3.8, 4) is 0 Å². The van der Waals surface area contributed by atoms with E-state index in [-0.39, 0.29) is 31.1 Å². The van der Waals surface area contributed by atoms with Crippen molar-refractivity contribution in [1.82, 2.24) is 0 Å². The lowest BCUT2D eigenvalue weighted by molar-refractivity contribution is -0.167. The topological polar surface area (TPSA) is 78.9 Å². The van der Waals surface area contributed by atoms with Gasteiger partial charge >= 0.3 is 17.9 Å². The molecule has 354 valence electrons. The van der Waals surface area contributed by atoms with Gasteiger partial charge in [-0.2, -0.15) is 0 Å². The molecular formula is C55H98O6. The quantitative estimate of drug-likeness (QED) is 0.0263. The zero-order valence-electron chi connectivity index (χ0n) is 40.4. The molecule has 6 nitrogen and oxygen atoms in total. The molecule has 61 heavy (non-hydrogen) atoms. The van der Waals surface area contributed by atoms with Crippen LogP contribution in [0.3, 0.4) is 0 Å². The predicted molar refractivity (Wildman–Crippen MR) is 261 cm³/mol. The van der Waals surface area contributed by atoms with Crippen LogP contribution in [0.2, 0.25) is 0 Å². The molecule has 0 heterocycles. The summed E-state index contributed by atoms with van der Waals surface area (Å²) < 4.78 is 16.8. The van der Waals surface area contributed by atoms with Crippen molar-refractivity contribution in [1.29, 1.82) is 0 Å². The molecule has 0 saturated carbocycles. The number of hydrogen-bond donors (Lipinski definition) is 0. The molecule has 0 fully saturated rings. The molecule has 1 atom stereocenters. The van der Waals surface area contributed by atoms with Gasteiger partial charge in [0.2, 0.25) is 0 Å². The summed E-state index contributed by atoms with van der Waals surface area (Å²) in [6.07, 6.45) is 59.5. The van der Waals surface area contributed by atoms with Crippen LogP contribution in [0.1, 0.15) is 265 Å². The van der Waals surface area contributed by atoms with Crippen LogP contribution >= 0.6 is 0 Å². The molecule has 0 saturated heterocycles. The number of hydrogen-bond acceptors (Lipinski definition) is 6. The first-order chi connectivity index (χ1) is 30.0. The second-order valence-corrected chi connectivity index (χ2v) is 17.4. The summed E-state index contributed by atoms with van der Waals surface area (Å²) in [6.45, 7) is 6.51. The van der Waals surface area contributed by atoms with Crippen molar-refractivity contribution in [3.05, 3.63) is 48.6 Å². The highest BCUT2D eigenvalue weighted by molar-refractivity contribution is 5.71. The zero-order valence-corrected chi connectivity index (χ0v) is 40.4. The van der Waals surface area contributed by atoms with Gasteiger partial charge in [-0.05, 0) is 77.0 Å². The molecule has 0 aliphatic heterocycles. The number of carbonyl (C=O) groups excluding carboxylic acids is 3. The van der Waals surface area contributed by atoms with Crippen LogP contribution in [0.15, 0.2) is 48.6 Å². The van der Waals surface area contributed by atoms with Crippen LogP contribution in [-0.4, -0.2) is 37.2 Å². The van der Waals surface area contributed by atoms with E-state index in [1.165, 1.54) is 122 Å². The van der Waals surface area contributed by atoms with Crippen molar-refractivity contribution in [3.63, 3.8) is 0 Å². The third-order valence-electron chi connectivity index (χ3n) is 11.3. The first-order valence-electron chi connectivity index (χ1n) is 26.1. The molecule has 0 aliphatic carbocycles. The Labute approximate surface area is 378 Å². The fourth-order valence-electron chi connectivity index (χ4n) is 7.39. The van der Waals surface area contributed by atoms with Crippen LogP contribution in [0.5, 0.6) is 0 Å². The van der Waals surface area contributed by atoms with E-state index >= 15 is 0 Å². The molecule has 0 unspecified atom stereocenters. The van der Waals surface area contributed by atoms with Crippen LogP contribution in [-0.2, 0) is 28.6 Å². The van der Waals surface area contributed by atoms with Crippen LogP contribution in [0, 0.1) is 0 Å². The van der Waals surface area contributed by atoms with E-state index < -0.39 is 6.10 Å². The molecule has 0 rings (SSSR count). The fraction of sp³-hybridized carbons (Fsp3) is 0.800. The molecule has 0 amide bonds. The van der Waals surface area contributed by atoms with Gasteiger partial charge in [-0.15, -0.1) is 0 Å². The number of esters is 3. The first-order valence-corrected chi connectivity index (χ1v) is 26.1. The van der Waals surface area contributed by atoms with Gasteiger partial charge in [0.15, 0.2) is 6.10 Å². The molecule has 0 bridgehead atoms. The molecule has 0 aromatic heterocycles. The number of carbonyl (C=O) groups is 3. The summed E-state index contributed by atoms with van der Waals surface area (Å²) in [7, 11) is 0. The average Bonchev–Trinajstić information content (AvgIpc) is 3.26. The van der Waals surface area contributed by atoms with Gasteiger partial charge in [-0.25, -0.2) is 0 Å². The monoisotopic (exact) mass is 855 g/mol. The van der Waals surface area contributed by atoms with Crippen molar-refractivity contribution < 1.29 is 28.6 Å². The Hall–Kier alpha value is -2.63. The molecule has 0 aromatic carbocycles. The minimum atomic E-state index is -0.780. The smallest absolute Gasteiger partial charge is 0.306 e. The van der Waals surface area contributed by atoms with Crippen LogP contribution in [0.25, 0.3) is 0 Å². The number of unbranched alkanes of at least 4 members (excludes halogenated alkanes) is 28. The first kappa shape index (κ1) is 58.4. The summed E-state index contributed by atoms with van der Waals surface area (Å²) in [5, 5.41) is 0. The number of ether oxygens (including phenoxy) is 3. The van der Waals surface area contributed by atoms with E-state index in [0.717, 1.165) is 103 Å². The Bertz CT molecular complexity index is 1070. The van der Waals surface area contributed by atoms with Crippen molar-refractivity contribution in [2.75, 3.05) is 13.2 Å². The second kappa shape index (κ2) is 50.0. The SMILES string of the molecule is CCC=CCC=CCC=CCCCCCCCC(=O)OC[C@@H](COC(=O)CCCCCCCC=CCCCCCCCC)OC(=O)CCCCCCCCCCCCCCC. The van der Waals surface area contributed by atoms with Gasteiger partial charge < -0.3 is 14.2 Å². The maximum absolute atomic E-state index is 12.8. The predicted octanol–water partition coefficient (Wildman–Crippen LogP) is 17.1. The highest BCUT2D eigenvalue weighted by Crippen LogP contribution is 2.15. The largest absolute Gasteiger partial charge is 0.462 e. The molecule has 0 spiro atoms. The molecule has 0 aromatic rings. The van der Waals surface area contributed by atoms with Crippen LogP contribution < -0.4 is 0 Å².